The second-order valence-corrected chi connectivity index (χ2v) is 8.73. The van der Waals surface area contributed by atoms with E-state index in [-0.39, 0.29) is 16.8 Å². The Morgan fingerprint density at radius 3 is 2.31 bits per heavy atom. The average molecular weight is 455 g/mol. The molecule has 0 bridgehead atoms. The van der Waals surface area contributed by atoms with E-state index in [1.54, 1.807) is 24.1 Å². The van der Waals surface area contributed by atoms with Crippen LogP contribution < -0.4 is 9.50 Å². The molecule has 1 fully saturated rings. The molecule has 0 radical (unpaired) electrons. The fourth-order valence-corrected chi connectivity index (χ4v) is 4.14. The van der Waals surface area contributed by atoms with Gasteiger partial charge in [0, 0.05) is 11.5 Å². The third-order valence-corrected chi connectivity index (χ3v) is 5.46. The molecule has 1 heterocycles. The number of amides is 1. The minimum atomic E-state index is -3.69. The van der Waals surface area contributed by atoms with Gasteiger partial charge in [0.2, 0.25) is 0 Å². The van der Waals surface area contributed by atoms with Crippen LogP contribution >= 0.6 is 28.1 Å². The Morgan fingerprint density at radius 1 is 1.15 bits per heavy atom. The van der Waals surface area contributed by atoms with Crippen LogP contribution in [0.3, 0.4) is 0 Å². The highest BCUT2D eigenvalue weighted by atomic mass is 79.9. The molecular formula is C17H15BrN2O4S2. The number of benzene rings is 2. The lowest BCUT2D eigenvalue weighted by atomic mass is 9.81. The third kappa shape index (κ3) is 3.22. The SMILES string of the molecule is CN1C(=S)NC(=O)C1(c1cccc(Br)c1)c1cccc(OS(C)(=O)=O)c1. The normalized spacial score (nSPS) is 20.2. The van der Waals surface area contributed by atoms with Gasteiger partial charge in [-0.05, 0) is 47.6 Å². The molecule has 1 atom stereocenters. The molecule has 26 heavy (non-hydrogen) atoms. The van der Waals surface area contributed by atoms with Crippen LogP contribution in [-0.2, 0) is 20.5 Å². The van der Waals surface area contributed by atoms with Crippen molar-refractivity contribution in [3.63, 3.8) is 0 Å². The molecule has 2 aromatic carbocycles. The number of rotatable bonds is 4. The highest BCUT2D eigenvalue weighted by molar-refractivity contribution is 9.10. The minimum absolute atomic E-state index is 0.124. The number of nitrogens with one attached hydrogen (secondary N) is 1. The summed E-state index contributed by atoms with van der Waals surface area (Å²) >= 11 is 8.70. The number of nitrogens with zero attached hydrogens (tertiary/aromatic N) is 1. The summed E-state index contributed by atoms with van der Waals surface area (Å²) in [5.74, 6) is -0.196. The summed E-state index contributed by atoms with van der Waals surface area (Å²) in [4.78, 5) is 14.7. The zero-order valence-corrected chi connectivity index (χ0v) is 17.1. The third-order valence-electron chi connectivity index (χ3n) is 4.10. The van der Waals surface area contributed by atoms with Crippen LogP contribution in [0.4, 0.5) is 0 Å². The van der Waals surface area contributed by atoms with Crippen LogP contribution in [0.2, 0.25) is 0 Å². The van der Waals surface area contributed by atoms with Gasteiger partial charge >= 0.3 is 10.1 Å². The van der Waals surface area contributed by atoms with Crippen molar-refractivity contribution < 1.29 is 17.4 Å². The molecule has 1 unspecified atom stereocenters. The van der Waals surface area contributed by atoms with Crippen LogP contribution in [0.25, 0.3) is 0 Å². The first-order chi connectivity index (χ1) is 12.1. The van der Waals surface area contributed by atoms with Gasteiger partial charge in [0.1, 0.15) is 5.75 Å². The van der Waals surface area contributed by atoms with Gasteiger partial charge in [-0.1, -0.05) is 40.2 Å². The molecular weight excluding hydrogens is 440 g/mol. The molecule has 0 aliphatic carbocycles. The highest BCUT2D eigenvalue weighted by Crippen LogP contribution is 2.40. The summed E-state index contributed by atoms with van der Waals surface area (Å²) in [5, 5.41) is 2.97. The Hall–Kier alpha value is -1.97. The molecule has 1 aliphatic rings. The van der Waals surface area contributed by atoms with Crippen LogP contribution in [-0.4, -0.2) is 37.6 Å². The number of hydrogen-bond donors (Lipinski definition) is 1. The van der Waals surface area contributed by atoms with Crippen molar-refractivity contribution in [3.05, 3.63) is 64.1 Å². The van der Waals surface area contributed by atoms with Gasteiger partial charge in [-0.3, -0.25) is 4.79 Å². The first-order valence-electron chi connectivity index (χ1n) is 7.50. The number of carbonyl (C=O) groups is 1. The lowest BCUT2D eigenvalue weighted by molar-refractivity contribution is -0.124. The quantitative estimate of drug-likeness (QED) is 0.564. The molecule has 1 N–H and O–H groups in total. The van der Waals surface area contributed by atoms with E-state index in [4.69, 9.17) is 16.4 Å². The smallest absolute Gasteiger partial charge is 0.306 e. The van der Waals surface area contributed by atoms with Crippen molar-refractivity contribution >= 4 is 49.3 Å². The van der Waals surface area contributed by atoms with Crippen LogP contribution in [0.1, 0.15) is 11.1 Å². The van der Waals surface area contributed by atoms with Crippen LogP contribution in [0, 0.1) is 0 Å². The maximum Gasteiger partial charge on any atom is 0.306 e. The Bertz CT molecular complexity index is 1010. The molecule has 1 aliphatic heterocycles. The van der Waals surface area contributed by atoms with Crippen molar-refractivity contribution in [2.24, 2.45) is 0 Å². The van der Waals surface area contributed by atoms with Crippen molar-refractivity contribution in [2.75, 3.05) is 13.3 Å². The summed E-state index contributed by atoms with van der Waals surface area (Å²) in [7, 11) is -1.98. The fraction of sp³-hybridized carbons (Fsp3) is 0.176. The van der Waals surface area contributed by atoms with E-state index in [1.165, 1.54) is 12.1 Å². The Kier molecular flexibility index (Phi) is 4.80. The summed E-state index contributed by atoms with van der Waals surface area (Å²) < 4.78 is 28.7. The summed E-state index contributed by atoms with van der Waals surface area (Å²) in [6.07, 6.45) is 0.966. The molecule has 136 valence electrons. The Labute approximate surface area is 165 Å². The number of halogens is 1. The number of likely N-dealkylation sites (N-methyl/N-ethyl adjacent to an activating group) is 1. The zero-order chi connectivity index (χ0) is 19.1. The van der Waals surface area contributed by atoms with E-state index in [0.29, 0.717) is 11.1 Å². The van der Waals surface area contributed by atoms with E-state index in [1.807, 2.05) is 24.3 Å². The summed E-state index contributed by atoms with van der Waals surface area (Å²) in [6, 6.07) is 13.7. The second kappa shape index (κ2) is 6.64. The zero-order valence-electron chi connectivity index (χ0n) is 13.9. The van der Waals surface area contributed by atoms with Crippen molar-refractivity contribution in [1.29, 1.82) is 0 Å². The van der Waals surface area contributed by atoms with Gasteiger partial charge in [0.15, 0.2) is 10.7 Å². The lowest BCUT2D eigenvalue weighted by Crippen LogP contribution is -2.45. The van der Waals surface area contributed by atoms with Crippen molar-refractivity contribution in [2.45, 2.75) is 5.54 Å². The van der Waals surface area contributed by atoms with E-state index in [0.717, 1.165) is 10.7 Å². The second-order valence-electron chi connectivity index (χ2n) is 5.85. The molecule has 0 aromatic heterocycles. The highest BCUT2D eigenvalue weighted by Gasteiger charge is 2.52. The summed E-state index contributed by atoms with van der Waals surface area (Å²) in [5.41, 5.74) is -0.0163. The number of carbonyl (C=O) groups excluding carboxylic acids is 1. The molecule has 2 aromatic rings. The van der Waals surface area contributed by atoms with Gasteiger partial charge in [0.05, 0.1) is 6.26 Å². The van der Waals surface area contributed by atoms with E-state index < -0.39 is 15.7 Å². The Balaban J connectivity index is 2.25. The van der Waals surface area contributed by atoms with Gasteiger partial charge in [-0.2, -0.15) is 8.42 Å². The summed E-state index contributed by atoms with van der Waals surface area (Å²) in [6.45, 7) is 0. The predicted molar refractivity (Wildman–Crippen MR) is 105 cm³/mol. The maximum absolute atomic E-state index is 13.0. The van der Waals surface area contributed by atoms with Gasteiger partial charge in [-0.15, -0.1) is 0 Å². The van der Waals surface area contributed by atoms with Gasteiger partial charge in [0.25, 0.3) is 5.91 Å². The van der Waals surface area contributed by atoms with Gasteiger partial charge < -0.3 is 14.4 Å². The monoisotopic (exact) mass is 454 g/mol. The topological polar surface area (TPSA) is 75.7 Å². The van der Waals surface area contributed by atoms with Gasteiger partial charge in [-0.25, -0.2) is 0 Å². The van der Waals surface area contributed by atoms with E-state index in [2.05, 4.69) is 21.2 Å². The number of hydrogen-bond acceptors (Lipinski definition) is 5. The molecule has 3 rings (SSSR count). The first-order valence-corrected chi connectivity index (χ1v) is 10.5. The van der Waals surface area contributed by atoms with Crippen LogP contribution in [0.15, 0.2) is 53.0 Å². The molecule has 0 spiro atoms. The Morgan fingerprint density at radius 2 is 1.77 bits per heavy atom. The molecule has 1 saturated heterocycles. The van der Waals surface area contributed by atoms with E-state index in [9.17, 15) is 13.2 Å². The molecule has 0 saturated carbocycles. The average Bonchev–Trinajstić information content (AvgIpc) is 2.76. The number of thiocarbonyl (C=S) groups is 1. The molecule has 1 amide bonds. The largest absolute Gasteiger partial charge is 0.383 e. The van der Waals surface area contributed by atoms with Crippen LogP contribution in [0.5, 0.6) is 5.75 Å². The minimum Gasteiger partial charge on any atom is -0.383 e. The first kappa shape index (κ1) is 18.8. The fourth-order valence-electron chi connectivity index (χ4n) is 3.05. The van der Waals surface area contributed by atoms with E-state index >= 15 is 0 Å². The van der Waals surface area contributed by atoms with Crippen molar-refractivity contribution in [3.8, 4) is 5.75 Å². The predicted octanol–water partition coefficient (Wildman–Crippen LogP) is 2.38. The molecule has 9 heteroatoms. The maximum atomic E-state index is 13.0. The molecule has 6 nitrogen and oxygen atoms in total. The van der Waals surface area contributed by atoms with Crippen molar-refractivity contribution in [1.82, 2.24) is 10.2 Å². The lowest BCUT2D eigenvalue weighted by Gasteiger charge is -2.35. The standard InChI is InChI=1S/C17H15BrN2O4S2/c1-20-16(25)19-15(21)17(20,11-5-3-7-13(18)9-11)12-6-4-8-14(10-12)24-26(2,22)23/h3-10H,1-2H3,(H,19,21,25).